The number of aryl methyl sites for hydroxylation is 1. The number of nitrogens with two attached hydrogens (primary N) is 1. The van der Waals surface area contributed by atoms with Gasteiger partial charge in [-0.05, 0) is 43.9 Å². The molecule has 0 unspecified atom stereocenters. The lowest BCUT2D eigenvalue weighted by molar-refractivity contribution is 0.0793. The van der Waals surface area contributed by atoms with Crippen LogP contribution in [0, 0.1) is 6.92 Å². The van der Waals surface area contributed by atoms with E-state index < -0.39 is 0 Å². The van der Waals surface area contributed by atoms with E-state index in [-0.39, 0.29) is 11.9 Å². The number of nitrogen functional groups attached to an aromatic ring is 1. The van der Waals surface area contributed by atoms with Crippen molar-refractivity contribution in [3.63, 3.8) is 0 Å². The third-order valence-electron chi connectivity index (χ3n) is 4.65. The van der Waals surface area contributed by atoms with E-state index in [0.29, 0.717) is 6.54 Å². The van der Waals surface area contributed by atoms with Crippen LogP contribution in [-0.2, 0) is 13.0 Å². The van der Waals surface area contributed by atoms with Crippen molar-refractivity contribution in [2.45, 2.75) is 39.7 Å². The van der Waals surface area contributed by atoms with E-state index >= 15 is 0 Å². The van der Waals surface area contributed by atoms with Crippen LogP contribution >= 0.6 is 0 Å². The molecule has 0 atom stereocenters. The summed E-state index contributed by atoms with van der Waals surface area (Å²) in [6.07, 6.45) is 3.03. The van der Waals surface area contributed by atoms with Gasteiger partial charge in [0.25, 0.3) is 5.91 Å². The first kappa shape index (κ1) is 17.2. The summed E-state index contributed by atoms with van der Waals surface area (Å²) in [5.74, 6) is 1.18. The fraction of sp³-hybridized carbons (Fsp3) is 0.421. The number of nitrogens with zero attached hydrogens (tertiary/aromatic N) is 3. The Morgan fingerprint density at radius 3 is 2.52 bits per heavy atom. The van der Waals surface area contributed by atoms with Crippen LogP contribution in [0.5, 0.6) is 0 Å². The molecular weight excluding hydrogens is 314 g/mol. The quantitative estimate of drug-likeness (QED) is 0.875. The molecule has 0 bridgehead atoms. The smallest absolute Gasteiger partial charge is 0.253 e. The molecule has 1 amide bonds. The molecule has 0 saturated carbocycles. The topological polar surface area (TPSA) is 84.1 Å². The number of carbonyl (C=O) groups is 1. The Hall–Kier alpha value is -2.63. The zero-order valence-electron chi connectivity index (χ0n) is 14.9. The molecule has 3 N–H and O–H groups in total. The summed E-state index contributed by atoms with van der Waals surface area (Å²) in [6, 6.07) is 7.76. The Labute approximate surface area is 148 Å². The summed E-state index contributed by atoms with van der Waals surface area (Å²) in [5, 5.41) is 3.32. The van der Waals surface area contributed by atoms with Crippen LogP contribution in [0.15, 0.2) is 24.3 Å². The fourth-order valence-corrected chi connectivity index (χ4v) is 3.15. The van der Waals surface area contributed by atoms with Gasteiger partial charge in [0.2, 0.25) is 5.95 Å². The van der Waals surface area contributed by atoms with Crippen molar-refractivity contribution < 1.29 is 4.79 Å². The summed E-state index contributed by atoms with van der Waals surface area (Å²) in [4.78, 5) is 22.8. The maximum absolute atomic E-state index is 12.4. The molecule has 1 fully saturated rings. The van der Waals surface area contributed by atoms with E-state index in [1.54, 1.807) is 0 Å². The first-order valence-corrected chi connectivity index (χ1v) is 8.83. The number of hydrogen-bond acceptors (Lipinski definition) is 5. The molecule has 1 aromatic carbocycles. The number of carbonyl (C=O) groups excluding carboxylic acids is 1. The van der Waals surface area contributed by atoms with Gasteiger partial charge < -0.3 is 16.0 Å². The Kier molecular flexibility index (Phi) is 5.16. The van der Waals surface area contributed by atoms with E-state index in [9.17, 15) is 4.79 Å². The second-order valence-electron chi connectivity index (χ2n) is 6.41. The molecule has 0 spiro atoms. The minimum atomic E-state index is 0.129. The molecule has 132 valence electrons. The Balaban J connectivity index is 1.66. The van der Waals surface area contributed by atoms with E-state index in [0.717, 1.165) is 60.6 Å². The third-order valence-corrected chi connectivity index (χ3v) is 4.65. The van der Waals surface area contributed by atoms with Gasteiger partial charge in [0.15, 0.2) is 0 Å². The third kappa shape index (κ3) is 3.90. The van der Waals surface area contributed by atoms with Crippen LogP contribution in [0.4, 0.5) is 11.8 Å². The van der Waals surface area contributed by atoms with Crippen molar-refractivity contribution >= 4 is 17.7 Å². The van der Waals surface area contributed by atoms with Crippen molar-refractivity contribution in [2.75, 3.05) is 24.1 Å². The van der Waals surface area contributed by atoms with Crippen LogP contribution in [0.25, 0.3) is 0 Å². The maximum atomic E-state index is 12.4. The largest absolute Gasteiger partial charge is 0.368 e. The number of aromatic nitrogens is 2. The summed E-state index contributed by atoms with van der Waals surface area (Å²) in [6.45, 7) is 6.42. The fourth-order valence-electron chi connectivity index (χ4n) is 3.15. The minimum absolute atomic E-state index is 0.129. The summed E-state index contributed by atoms with van der Waals surface area (Å²) >= 11 is 0. The monoisotopic (exact) mass is 339 g/mol. The van der Waals surface area contributed by atoms with Gasteiger partial charge in [-0.3, -0.25) is 4.79 Å². The maximum Gasteiger partial charge on any atom is 0.253 e. The van der Waals surface area contributed by atoms with Crippen LogP contribution in [0.2, 0.25) is 0 Å². The Morgan fingerprint density at radius 1 is 1.20 bits per heavy atom. The standard InChI is InChI=1S/C19H25N5O/c1-3-16-13(2)17(23-19(20)22-16)21-12-14-6-8-15(9-7-14)18(25)24-10-4-5-11-24/h6-9H,3-5,10-12H2,1-2H3,(H3,20,21,22,23). The van der Waals surface area contributed by atoms with Crippen LogP contribution in [0.1, 0.15) is 46.9 Å². The number of nitrogens with one attached hydrogen (secondary N) is 1. The SMILES string of the molecule is CCc1nc(N)nc(NCc2ccc(C(=O)N3CCCC3)cc2)c1C. The average molecular weight is 339 g/mol. The molecule has 2 heterocycles. The van der Waals surface area contributed by atoms with Gasteiger partial charge in [0, 0.05) is 30.8 Å². The molecule has 0 aliphatic carbocycles. The van der Waals surface area contributed by atoms with E-state index in [1.807, 2.05) is 36.1 Å². The average Bonchev–Trinajstić information content (AvgIpc) is 3.16. The van der Waals surface area contributed by atoms with Gasteiger partial charge in [-0.1, -0.05) is 19.1 Å². The molecule has 1 saturated heterocycles. The molecule has 6 heteroatoms. The van der Waals surface area contributed by atoms with Gasteiger partial charge in [0.1, 0.15) is 5.82 Å². The molecular formula is C19H25N5O. The second-order valence-corrected chi connectivity index (χ2v) is 6.41. The predicted octanol–water partition coefficient (Wildman–Crippen LogP) is 2.78. The number of hydrogen-bond donors (Lipinski definition) is 2. The molecule has 0 radical (unpaired) electrons. The lowest BCUT2D eigenvalue weighted by Gasteiger charge is -2.15. The minimum Gasteiger partial charge on any atom is -0.368 e. The van der Waals surface area contributed by atoms with Crippen LogP contribution in [-0.4, -0.2) is 33.9 Å². The van der Waals surface area contributed by atoms with E-state index in [1.165, 1.54) is 0 Å². The highest BCUT2D eigenvalue weighted by atomic mass is 16.2. The molecule has 25 heavy (non-hydrogen) atoms. The highest BCUT2D eigenvalue weighted by Crippen LogP contribution is 2.18. The zero-order valence-corrected chi connectivity index (χ0v) is 14.9. The molecule has 1 aromatic heterocycles. The molecule has 2 aromatic rings. The number of benzene rings is 1. The lowest BCUT2D eigenvalue weighted by Crippen LogP contribution is -2.27. The molecule has 3 rings (SSSR count). The number of rotatable bonds is 5. The van der Waals surface area contributed by atoms with E-state index in [4.69, 9.17) is 5.73 Å². The van der Waals surface area contributed by atoms with E-state index in [2.05, 4.69) is 22.2 Å². The predicted molar refractivity (Wildman–Crippen MR) is 99.5 cm³/mol. The van der Waals surface area contributed by atoms with Crippen molar-refractivity contribution in [2.24, 2.45) is 0 Å². The lowest BCUT2D eigenvalue weighted by atomic mass is 10.1. The van der Waals surface area contributed by atoms with Crippen LogP contribution < -0.4 is 11.1 Å². The second kappa shape index (κ2) is 7.51. The number of anilines is 2. The first-order valence-electron chi connectivity index (χ1n) is 8.83. The van der Waals surface area contributed by atoms with Crippen molar-refractivity contribution in [3.8, 4) is 0 Å². The van der Waals surface area contributed by atoms with Gasteiger partial charge in [-0.25, -0.2) is 4.98 Å². The molecule has 1 aliphatic rings. The summed E-state index contributed by atoms with van der Waals surface area (Å²) < 4.78 is 0. The highest BCUT2D eigenvalue weighted by Gasteiger charge is 2.19. The number of likely N-dealkylation sites (tertiary alicyclic amines) is 1. The molecule has 1 aliphatic heterocycles. The van der Waals surface area contributed by atoms with Gasteiger partial charge in [0.05, 0.1) is 5.69 Å². The normalized spacial score (nSPS) is 13.9. The van der Waals surface area contributed by atoms with Crippen molar-refractivity contribution in [1.82, 2.24) is 14.9 Å². The van der Waals surface area contributed by atoms with Crippen molar-refractivity contribution in [1.29, 1.82) is 0 Å². The Morgan fingerprint density at radius 2 is 1.88 bits per heavy atom. The summed E-state index contributed by atoms with van der Waals surface area (Å²) in [5.41, 5.74) is 9.61. The van der Waals surface area contributed by atoms with Crippen LogP contribution in [0.3, 0.4) is 0 Å². The van der Waals surface area contributed by atoms with Gasteiger partial charge in [-0.2, -0.15) is 4.98 Å². The first-order chi connectivity index (χ1) is 12.1. The zero-order chi connectivity index (χ0) is 17.8. The molecule has 6 nitrogen and oxygen atoms in total. The van der Waals surface area contributed by atoms with Crippen molar-refractivity contribution in [3.05, 3.63) is 46.6 Å². The highest BCUT2D eigenvalue weighted by molar-refractivity contribution is 5.94. The van der Waals surface area contributed by atoms with Gasteiger partial charge >= 0.3 is 0 Å². The number of amides is 1. The summed E-state index contributed by atoms with van der Waals surface area (Å²) in [7, 11) is 0. The Bertz CT molecular complexity index is 751. The van der Waals surface area contributed by atoms with Gasteiger partial charge in [-0.15, -0.1) is 0 Å².